The molecule has 13 heavy (non-hydrogen) atoms. The smallest absolute Gasteiger partial charge is 0.0638 e. The Morgan fingerprint density at radius 3 is 2.38 bits per heavy atom. The molecule has 0 saturated carbocycles. The number of likely N-dealkylation sites (N-methyl/N-ethyl adjacent to an activating group) is 1. The zero-order valence-corrected chi connectivity index (χ0v) is 9.52. The first-order valence-electron chi connectivity index (χ1n) is 4.86. The number of hydrogen-bond donors (Lipinski definition) is 1. The Morgan fingerprint density at radius 2 is 2.00 bits per heavy atom. The normalized spacial score (nSPS) is 14.5. The molecule has 3 heteroatoms. The van der Waals surface area contributed by atoms with E-state index in [1.165, 1.54) is 0 Å². The zero-order chi connectivity index (χ0) is 10.3. The van der Waals surface area contributed by atoms with Crippen LogP contribution >= 0.6 is 0 Å². The van der Waals surface area contributed by atoms with Gasteiger partial charge in [-0.25, -0.2) is 0 Å². The number of ether oxygens (including phenoxy) is 2. The van der Waals surface area contributed by atoms with Gasteiger partial charge in [0.25, 0.3) is 0 Å². The molecule has 0 saturated heterocycles. The molecule has 0 rings (SSSR count). The van der Waals surface area contributed by atoms with Crippen LogP contribution in [0.2, 0.25) is 0 Å². The van der Waals surface area contributed by atoms with E-state index in [0.717, 1.165) is 19.6 Å². The average Bonchev–Trinajstić information content (AvgIpc) is 2.12. The van der Waals surface area contributed by atoms with Crippen molar-refractivity contribution >= 4 is 0 Å². The van der Waals surface area contributed by atoms with Crippen LogP contribution in [0.3, 0.4) is 0 Å². The van der Waals surface area contributed by atoms with Crippen molar-refractivity contribution in [1.82, 2.24) is 5.32 Å². The second kappa shape index (κ2) is 6.35. The van der Waals surface area contributed by atoms with Crippen molar-refractivity contribution in [1.29, 1.82) is 0 Å². The minimum absolute atomic E-state index is 0.0786. The van der Waals surface area contributed by atoms with E-state index in [4.69, 9.17) is 9.47 Å². The van der Waals surface area contributed by atoms with Gasteiger partial charge in [-0.3, -0.25) is 0 Å². The Balaban J connectivity index is 3.82. The summed E-state index contributed by atoms with van der Waals surface area (Å²) >= 11 is 0. The minimum Gasteiger partial charge on any atom is -0.380 e. The molecule has 0 spiro atoms. The summed E-state index contributed by atoms with van der Waals surface area (Å²) in [5, 5.41) is 3.22. The molecule has 0 aliphatic carbocycles. The summed E-state index contributed by atoms with van der Waals surface area (Å²) < 4.78 is 10.7. The van der Waals surface area contributed by atoms with Crippen LogP contribution in [0.4, 0.5) is 0 Å². The summed E-state index contributed by atoms with van der Waals surface area (Å²) in [7, 11) is 3.70. The number of rotatable bonds is 7. The fourth-order valence-electron chi connectivity index (χ4n) is 1.18. The molecular formula is C10H23NO2. The van der Waals surface area contributed by atoms with Gasteiger partial charge in [-0.1, -0.05) is 0 Å². The first-order valence-corrected chi connectivity index (χ1v) is 4.86. The fraction of sp³-hybridized carbons (Fsp3) is 1.00. The van der Waals surface area contributed by atoms with Gasteiger partial charge in [0, 0.05) is 19.8 Å². The van der Waals surface area contributed by atoms with Crippen molar-refractivity contribution in [3.8, 4) is 0 Å². The van der Waals surface area contributed by atoms with Gasteiger partial charge >= 0.3 is 0 Å². The van der Waals surface area contributed by atoms with Crippen LogP contribution < -0.4 is 5.32 Å². The highest BCUT2D eigenvalue weighted by Gasteiger charge is 2.21. The van der Waals surface area contributed by atoms with Gasteiger partial charge in [-0.2, -0.15) is 0 Å². The topological polar surface area (TPSA) is 30.5 Å². The third kappa shape index (κ3) is 6.02. The molecule has 0 aromatic carbocycles. The molecule has 0 bridgehead atoms. The van der Waals surface area contributed by atoms with Crippen molar-refractivity contribution in [2.24, 2.45) is 0 Å². The highest BCUT2D eigenvalue weighted by Crippen LogP contribution is 2.15. The Labute approximate surface area is 81.8 Å². The monoisotopic (exact) mass is 189 g/mol. The van der Waals surface area contributed by atoms with Gasteiger partial charge < -0.3 is 14.8 Å². The van der Waals surface area contributed by atoms with E-state index in [2.05, 4.69) is 19.2 Å². The van der Waals surface area contributed by atoms with Crippen LogP contribution in [0.15, 0.2) is 0 Å². The van der Waals surface area contributed by atoms with Gasteiger partial charge in [0.05, 0.1) is 12.2 Å². The third-order valence-corrected chi connectivity index (χ3v) is 2.22. The third-order valence-electron chi connectivity index (χ3n) is 2.22. The van der Waals surface area contributed by atoms with Gasteiger partial charge in [-0.15, -0.1) is 0 Å². The molecule has 0 amide bonds. The molecular weight excluding hydrogens is 166 g/mol. The van der Waals surface area contributed by atoms with Crippen LogP contribution in [0, 0.1) is 0 Å². The number of nitrogens with one attached hydrogen (secondary N) is 1. The van der Waals surface area contributed by atoms with E-state index in [1.54, 1.807) is 7.11 Å². The average molecular weight is 189 g/mol. The van der Waals surface area contributed by atoms with Crippen molar-refractivity contribution in [2.45, 2.75) is 38.8 Å². The van der Waals surface area contributed by atoms with Crippen LogP contribution in [0.5, 0.6) is 0 Å². The van der Waals surface area contributed by atoms with Crippen molar-refractivity contribution in [3.05, 3.63) is 0 Å². The number of hydrogen-bond acceptors (Lipinski definition) is 3. The Bertz CT molecular complexity index is 126. The second-order valence-corrected chi connectivity index (χ2v) is 3.81. The van der Waals surface area contributed by atoms with E-state index >= 15 is 0 Å². The van der Waals surface area contributed by atoms with Crippen molar-refractivity contribution in [3.63, 3.8) is 0 Å². The van der Waals surface area contributed by atoms with Gasteiger partial charge in [0.15, 0.2) is 0 Å². The van der Waals surface area contributed by atoms with E-state index in [0.29, 0.717) is 6.04 Å². The molecule has 0 fully saturated rings. The minimum atomic E-state index is -0.0786. The molecule has 1 unspecified atom stereocenters. The Morgan fingerprint density at radius 1 is 1.38 bits per heavy atom. The maximum atomic E-state index is 5.36. The molecule has 0 radical (unpaired) electrons. The molecule has 3 nitrogen and oxygen atoms in total. The van der Waals surface area contributed by atoms with Gasteiger partial charge in [0.1, 0.15) is 0 Å². The summed E-state index contributed by atoms with van der Waals surface area (Å²) in [5.41, 5.74) is -0.0786. The lowest BCUT2D eigenvalue weighted by Crippen LogP contribution is -2.38. The Hall–Kier alpha value is -0.120. The van der Waals surface area contributed by atoms with Crippen molar-refractivity contribution < 1.29 is 9.47 Å². The van der Waals surface area contributed by atoms with Crippen molar-refractivity contribution in [2.75, 3.05) is 27.4 Å². The summed E-state index contributed by atoms with van der Waals surface area (Å²) in [6, 6.07) is 0.370. The lowest BCUT2D eigenvalue weighted by atomic mass is 9.99. The molecule has 0 aliphatic heterocycles. The lowest BCUT2D eigenvalue weighted by molar-refractivity contribution is -0.00284. The predicted molar refractivity (Wildman–Crippen MR) is 55.0 cm³/mol. The van der Waals surface area contributed by atoms with Gasteiger partial charge in [0.2, 0.25) is 0 Å². The molecule has 0 heterocycles. The maximum absolute atomic E-state index is 5.36. The first-order chi connectivity index (χ1) is 6.05. The van der Waals surface area contributed by atoms with Crippen LogP contribution in [0.25, 0.3) is 0 Å². The summed E-state index contributed by atoms with van der Waals surface area (Å²) in [4.78, 5) is 0. The summed E-state index contributed by atoms with van der Waals surface area (Å²) in [5.74, 6) is 0. The van der Waals surface area contributed by atoms with E-state index < -0.39 is 0 Å². The predicted octanol–water partition coefficient (Wildman–Crippen LogP) is 1.43. The molecule has 1 N–H and O–H groups in total. The SMILES string of the molecule is CCOCC(CC(C)(C)OC)NC. The first kappa shape index (κ1) is 12.9. The van der Waals surface area contributed by atoms with E-state index in [9.17, 15) is 0 Å². The van der Waals surface area contributed by atoms with Crippen LogP contribution in [-0.4, -0.2) is 39.0 Å². The van der Waals surface area contributed by atoms with E-state index in [-0.39, 0.29) is 5.60 Å². The molecule has 0 aromatic rings. The second-order valence-electron chi connectivity index (χ2n) is 3.81. The number of methoxy groups -OCH3 is 1. The molecule has 80 valence electrons. The quantitative estimate of drug-likeness (QED) is 0.657. The molecule has 1 atom stereocenters. The van der Waals surface area contributed by atoms with Gasteiger partial charge in [-0.05, 0) is 34.2 Å². The van der Waals surface area contributed by atoms with E-state index in [1.807, 2.05) is 14.0 Å². The lowest BCUT2D eigenvalue weighted by Gasteiger charge is -2.28. The van der Waals surface area contributed by atoms with Crippen LogP contribution in [-0.2, 0) is 9.47 Å². The molecule has 0 aromatic heterocycles. The largest absolute Gasteiger partial charge is 0.380 e. The van der Waals surface area contributed by atoms with Crippen LogP contribution in [0.1, 0.15) is 27.2 Å². The molecule has 0 aliphatic rings. The fourth-order valence-corrected chi connectivity index (χ4v) is 1.18. The standard InChI is InChI=1S/C10H23NO2/c1-6-13-8-9(11-4)7-10(2,3)12-5/h9,11H,6-8H2,1-5H3. The highest BCUT2D eigenvalue weighted by molar-refractivity contribution is 4.77. The summed E-state index contributed by atoms with van der Waals surface area (Å²) in [6.45, 7) is 7.70. The summed E-state index contributed by atoms with van der Waals surface area (Å²) in [6.07, 6.45) is 0.958. The highest BCUT2D eigenvalue weighted by atomic mass is 16.5. The Kier molecular flexibility index (Phi) is 6.29. The zero-order valence-electron chi connectivity index (χ0n) is 9.52. The maximum Gasteiger partial charge on any atom is 0.0638 e.